The first-order chi connectivity index (χ1) is 15.3. The minimum atomic E-state index is -3.48. The minimum absolute atomic E-state index is 0.102. The average molecular weight is 462 g/mol. The van der Waals surface area contributed by atoms with Gasteiger partial charge in [0.2, 0.25) is 10.0 Å². The Hall–Kier alpha value is -2.65. The molecule has 7 nitrogen and oxygen atoms in total. The van der Waals surface area contributed by atoms with Crippen molar-refractivity contribution in [3.05, 3.63) is 53.8 Å². The van der Waals surface area contributed by atoms with Crippen molar-refractivity contribution < 1.29 is 22.3 Å². The second-order valence-corrected chi connectivity index (χ2v) is 10.1. The molecule has 2 aromatic rings. The number of benzene rings is 2. The number of nitrogens with zero attached hydrogens (tertiary/aromatic N) is 3. The van der Waals surface area contributed by atoms with Crippen molar-refractivity contribution in [1.82, 2.24) is 9.21 Å². The van der Waals surface area contributed by atoms with Gasteiger partial charge in [-0.05, 0) is 67.8 Å². The minimum Gasteiger partial charge on any atom is -0.483 e. The smallest absolute Gasteiger partial charge is 0.260 e. The fourth-order valence-electron chi connectivity index (χ4n) is 4.12. The molecule has 0 unspecified atom stereocenters. The molecule has 172 valence electrons. The number of amides is 1. The van der Waals surface area contributed by atoms with Crippen molar-refractivity contribution in [1.29, 1.82) is 0 Å². The van der Waals surface area contributed by atoms with Gasteiger partial charge in [0, 0.05) is 45.0 Å². The van der Waals surface area contributed by atoms with Crippen LogP contribution in [0.2, 0.25) is 0 Å². The summed E-state index contributed by atoms with van der Waals surface area (Å²) in [6.07, 6.45) is 1.78. The van der Waals surface area contributed by atoms with E-state index in [-0.39, 0.29) is 23.2 Å². The molecule has 0 spiro atoms. The standard InChI is InChI=1S/C23H28FN3O4S/c1-18-16-21(32(29,30)27-10-2-3-11-27)8-9-22(18)31-17-23(28)26-14-12-25(13-15-26)20-6-4-19(24)5-7-20/h4-9,16H,2-3,10-15,17H2,1H3. The van der Waals surface area contributed by atoms with Crippen LogP contribution in [0.4, 0.5) is 10.1 Å². The number of rotatable bonds is 6. The fraction of sp³-hybridized carbons (Fsp3) is 0.435. The van der Waals surface area contributed by atoms with Crippen molar-refractivity contribution in [3.63, 3.8) is 0 Å². The maximum Gasteiger partial charge on any atom is 0.260 e. The lowest BCUT2D eigenvalue weighted by Gasteiger charge is -2.36. The normalized spacial score (nSPS) is 17.6. The van der Waals surface area contributed by atoms with Crippen molar-refractivity contribution in [3.8, 4) is 5.75 Å². The molecule has 2 heterocycles. The van der Waals surface area contributed by atoms with Crippen molar-refractivity contribution in [2.24, 2.45) is 0 Å². The van der Waals surface area contributed by atoms with Crippen LogP contribution in [0.3, 0.4) is 0 Å². The first-order valence-electron chi connectivity index (χ1n) is 10.9. The highest BCUT2D eigenvalue weighted by atomic mass is 32.2. The van der Waals surface area contributed by atoms with E-state index in [0.717, 1.165) is 18.5 Å². The Kier molecular flexibility index (Phi) is 6.66. The summed E-state index contributed by atoms with van der Waals surface area (Å²) in [5, 5.41) is 0. The third-order valence-electron chi connectivity index (χ3n) is 6.02. The summed E-state index contributed by atoms with van der Waals surface area (Å²) in [6, 6.07) is 11.1. The first-order valence-corrected chi connectivity index (χ1v) is 12.3. The highest BCUT2D eigenvalue weighted by Gasteiger charge is 2.28. The van der Waals surface area contributed by atoms with E-state index >= 15 is 0 Å². The number of anilines is 1. The van der Waals surface area contributed by atoms with Gasteiger partial charge >= 0.3 is 0 Å². The summed E-state index contributed by atoms with van der Waals surface area (Å²) in [5.74, 6) is 0.122. The quantitative estimate of drug-likeness (QED) is 0.662. The number of hydrogen-bond donors (Lipinski definition) is 0. The molecule has 2 aliphatic heterocycles. The molecule has 4 rings (SSSR count). The molecule has 0 bridgehead atoms. The highest BCUT2D eigenvalue weighted by Crippen LogP contribution is 2.26. The van der Waals surface area contributed by atoms with Crippen LogP contribution < -0.4 is 9.64 Å². The van der Waals surface area contributed by atoms with Gasteiger partial charge in [-0.25, -0.2) is 12.8 Å². The summed E-state index contributed by atoms with van der Waals surface area (Å²) in [5.41, 5.74) is 1.62. The van der Waals surface area contributed by atoms with E-state index in [2.05, 4.69) is 4.90 Å². The SMILES string of the molecule is Cc1cc(S(=O)(=O)N2CCCC2)ccc1OCC(=O)N1CCN(c2ccc(F)cc2)CC1. The topological polar surface area (TPSA) is 70.2 Å². The van der Waals surface area contributed by atoms with Gasteiger partial charge in [-0.2, -0.15) is 4.31 Å². The van der Waals surface area contributed by atoms with Crippen LogP contribution in [0.15, 0.2) is 47.4 Å². The van der Waals surface area contributed by atoms with Gasteiger partial charge in [0.05, 0.1) is 4.90 Å². The second-order valence-electron chi connectivity index (χ2n) is 8.17. The monoisotopic (exact) mass is 461 g/mol. The molecule has 9 heteroatoms. The third kappa shape index (κ3) is 4.88. The van der Waals surface area contributed by atoms with Crippen LogP contribution >= 0.6 is 0 Å². The zero-order chi connectivity index (χ0) is 22.7. The maximum atomic E-state index is 13.1. The lowest BCUT2D eigenvalue weighted by molar-refractivity contribution is -0.133. The van der Waals surface area contributed by atoms with Crippen molar-refractivity contribution >= 4 is 21.6 Å². The molecule has 0 saturated carbocycles. The molecular formula is C23H28FN3O4S. The summed E-state index contributed by atoms with van der Waals surface area (Å²) >= 11 is 0. The zero-order valence-corrected chi connectivity index (χ0v) is 19.0. The molecule has 2 aromatic carbocycles. The molecule has 2 saturated heterocycles. The fourth-order valence-corrected chi connectivity index (χ4v) is 5.72. The number of aryl methyl sites for hydroxylation is 1. The molecule has 1 amide bonds. The predicted octanol–water partition coefficient (Wildman–Crippen LogP) is 2.65. The van der Waals surface area contributed by atoms with E-state index < -0.39 is 10.0 Å². The van der Waals surface area contributed by atoms with Gasteiger partial charge in [0.15, 0.2) is 6.61 Å². The largest absolute Gasteiger partial charge is 0.483 e. The molecule has 0 aliphatic carbocycles. The van der Waals surface area contributed by atoms with E-state index in [1.165, 1.54) is 16.4 Å². The van der Waals surface area contributed by atoms with Crippen LogP contribution in [0.5, 0.6) is 5.75 Å². The molecular weight excluding hydrogens is 433 g/mol. The molecule has 2 fully saturated rings. The van der Waals surface area contributed by atoms with E-state index in [1.54, 1.807) is 42.2 Å². The molecule has 2 aliphatic rings. The van der Waals surface area contributed by atoms with Gasteiger partial charge in [-0.15, -0.1) is 0 Å². The lowest BCUT2D eigenvalue weighted by Crippen LogP contribution is -2.50. The van der Waals surface area contributed by atoms with Crippen LogP contribution in [0, 0.1) is 12.7 Å². The molecule has 0 aromatic heterocycles. The number of carbonyl (C=O) groups is 1. The Morgan fingerprint density at radius 3 is 2.25 bits per heavy atom. The number of hydrogen-bond acceptors (Lipinski definition) is 5. The van der Waals surface area contributed by atoms with Gasteiger partial charge in [-0.3, -0.25) is 4.79 Å². The molecule has 0 radical (unpaired) electrons. The Bertz CT molecular complexity index is 1060. The van der Waals surface area contributed by atoms with Crippen molar-refractivity contribution in [2.45, 2.75) is 24.7 Å². The third-order valence-corrected chi connectivity index (χ3v) is 7.92. The molecule has 32 heavy (non-hydrogen) atoms. The second kappa shape index (κ2) is 9.46. The van der Waals surface area contributed by atoms with Gasteiger partial charge < -0.3 is 14.5 Å². The Labute approximate surface area is 188 Å². The van der Waals surface area contributed by atoms with Crippen molar-refractivity contribution in [2.75, 3.05) is 50.8 Å². The van der Waals surface area contributed by atoms with E-state index in [1.807, 2.05) is 0 Å². The number of halogens is 1. The van der Waals surface area contributed by atoms with Crippen LogP contribution in [0.1, 0.15) is 18.4 Å². The summed E-state index contributed by atoms with van der Waals surface area (Å²) in [7, 11) is -3.48. The maximum absolute atomic E-state index is 13.1. The van der Waals surface area contributed by atoms with E-state index in [9.17, 15) is 17.6 Å². The van der Waals surface area contributed by atoms with E-state index in [4.69, 9.17) is 4.74 Å². The van der Waals surface area contributed by atoms with Crippen LogP contribution in [0.25, 0.3) is 0 Å². The van der Waals surface area contributed by atoms with Gasteiger partial charge in [-0.1, -0.05) is 0 Å². The van der Waals surface area contributed by atoms with Gasteiger partial charge in [0.25, 0.3) is 5.91 Å². The Morgan fingerprint density at radius 2 is 1.62 bits per heavy atom. The number of piperazine rings is 1. The molecule has 0 atom stereocenters. The first kappa shape index (κ1) is 22.5. The summed E-state index contributed by atoms with van der Waals surface area (Å²) < 4.78 is 45.8. The van der Waals surface area contributed by atoms with Crippen LogP contribution in [-0.4, -0.2) is 69.4 Å². The number of ether oxygens (including phenoxy) is 1. The van der Waals surface area contributed by atoms with Gasteiger partial charge in [0.1, 0.15) is 11.6 Å². The predicted molar refractivity (Wildman–Crippen MR) is 120 cm³/mol. The van der Waals surface area contributed by atoms with Crippen LogP contribution in [-0.2, 0) is 14.8 Å². The Morgan fingerprint density at radius 1 is 0.969 bits per heavy atom. The Balaban J connectivity index is 1.31. The highest BCUT2D eigenvalue weighted by molar-refractivity contribution is 7.89. The number of sulfonamides is 1. The summed E-state index contributed by atoms with van der Waals surface area (Å²) in [6.45, 7) is 5.25. The van der Waals surface area contributed by atoms with E-state index in [0.29, 0.717) is 50.6 Å². The molecule has 0 N–H and O–H groups in total. The average Bonchev–Trinajstić information content (AvgIpc) is 3.35. The number of carbonyl (C=O) groups excluding carboxylic acids is 1. The summed E-state index contributed by atoms with van der Waals surface area (Å²) in [4.78, 5) is 16.7. The zero-order valence-electron chi connectivity index (χ0n) is 18.2. The lowest BCUT2D eigenvalue weighted by atomic mass is 10.2.